The molecule has 1 atom stereocenters. The van der Waals surface area contributed by atoms with Crippen molar-refractivity contribution in [2.75, 3.05) is 26.3 Å². The Bertz CT molecular complexity index is 143. The van der Waals surface area contributed by atoms with Crippen LogP contribution in [0.2, 0.25) is 0 Å². The molecule has 54 valence electrons. The van der Waals surface area contributed by atoms with Gasteiger partial charge < -0.3 is 4.74 Å². The summed E-state index contributed by atoms with van der Waals surface area (Å²) in [5.41, 5.74) is 0. The maximum Gasteiger partial charge on any atom is 0.0813 e. The average Bonchev–Trinajstić information content (AvgIpc) is 1.90. The van der Waals surface area contributed by atoms with Crippen LogP contribution in [0.1, 0.15) is 0 Å². The summed E-state index contributed by atoms with van der Waals surface area (Å²) in [7, 11) is -1.53. The highest BCUT2D eigenvalue weighted by molar-refractivity contribution is 8.20. The van der Waals surface area contributed by atoms with Crippen LogP contribution in [0.4, 0.5) is 0 Å². The molecule has 1 aliphatic heterocycles. The third kappa shape index (κ3) is 2.17. The Morgan fingerprint density at radius 2 is 2.00 bits per heavy atom. The van der Waals surface area contributed by atoms with Gasteiger partial charge >= 0.3 is 0 Å². The monoisotopic (exact) mass is 167 g/mol. The van der Waals surface area contributed by atoms with Crippen molar-refractivity contribution in [1.29, 1.82) is 0 Å². The quantitative estimate of drug-likeness (QED) is 0.517. The highest BCUT2D eigenvalue weighted by Gasteiger charge is 2.08. The first kappa shape index (κ1) is 7.40. The molecule has 0 amide bonds. The molecular formula is C4H9NO2S2. The Morgan fingerprint density at radius 3 is 2.33 bits per heavy atom. The standard InChI is InChI=1S/C4H9NO2S2/c6-9(8)5-1-3-7-4-2-5/h9H,1-4H2. The van der Waals surface area contributed by atoms with Crippen LogP contribution in [-0.2, 0) is 25.5 Å². The van der Waals surface area contributed by atoms with Crippen molar-refractivity contribution in [3.8, 4) is 0 Å². The third-order valence-corrected chi connectivity index (χ3v) is 2.77. The molecule has 1 unspecified atom stereocenters. The van der Waals surface area contributed by atoms with Crippen molar-refractivity contribution < 1.29 is 8.95 Å². The van der Waals surface area contributed by atoms with E-state index in [2.05, 4.69) is 11.2 Å². The van der Waals surface area contributed by atoms with Gasteiger partial charge in [-0.2, -0.15) is 0 Å². The molecule has 1 saturated heterocycles. The van der Waals surface area contributed by atoms with Crippen LogP contribution in [0, 0.1) is 0 Å². The number of ether oxygens (including phenoxy) is 1. The molecule has 1 fully saturated rings. The minimum absolute atomic E-state index is 0.664. The van der Waals surface area contributed by atoms with Gasteiger partial charge in [-0.25, -0.2) is 8.51 Å². The number of hydrogen-bond donors (Lipinski definition) is 1. The first-order valence-corrected chi connectivity index (χ1v) is 5.00. The van der Waals surface area contributed by atoms with Crippen LogP contribution in [0.25, 0.3) is 0 Å². The van der Waals surface area contributed by atoms with Crippen molar-refractivity contribution in [2.45, 2.75) is 0 Å². The van der Waals surface area contributed by atoms with E-state index >= 15 is 0 Å². The molecule has 0 aliphatic carbocycles. The molecule has 0 N–H and O–H groups in total. The van der Waals surface area contributed by atoms with Gasteiger partial charge in [-0.1, -0.05) is 0 Å². The Balaban J connectivity index is 2.40. The summed E-state index contributed by atoms with van der Waals surface area (Å²) in [4.78, 5) is 0. The Hall–Kier alpha value is 0.290. The zero-order valence-electron chi connectivity index (χ0n) is 4.95. The van der Waals surface area contributed by atoms with Crippen LogP contribution >= 0.6 is 0 Å². The maximum absolute atomic E-state index is 10.6. The lowest BCUT2D eigenvalue weighted by Gasteiger charge is -2.21. The van der Waals surface area contributed by atoms with Crippen molar-refractivity contribution in [3.05, 3.63) is 0 Å². The molecule has 1 aliphatic rings. The second kappa shape index (κ2) is 3.46. The summed E-state index contributed by atoms with van der Waals surface area (Å²) >= 11 is 4.58. The molecule has 0 spiro atoms. The molecule has 0 saturated carbocycles. The van der Waals surface area contributed by atoms with E-state index in [1.807, 2.05) is 0 Å². The van der Waals surface area contributed by atoms with Crippen LogP contribution in [0.15, 0.2) is 0 Å². The number of nitrogens with zero attached hydrogens (tertiary/aromatic N) is 1. The van der Waals surface area contributed by atoms with Crippen LogP contribution in [0.5, 0.6) is 0 Å². The van der Waals surface area contributed by atoms with Gasteiger partial charge in [0.05, 0.1) is 22.8 Å². The van der Waals surface area contributed by atoms with E-state index in [1.165, 1.54) is 0 Å². The summed E-state index contributed by atoms with van der Waals surface area (Å²) in [5, 5.41) is 0. The van der Waals surface area contributed by atoms with Crippen molar-refractivity contribution in [2.24, 2.45) is 0 Å². The third-order valence-electron chi connectivity index (χ3n) is 1.22. The van der Waals surface area contributed by atoms with Gasteiger partial charge in [0.15, 0.2) is 0 Å². The van der Waals surface area contributed by atoms with E-state index in [-0.39, 0.29) is 0 Å². The number of rotatable bonds is 1. The molecule has 1 rings (SSSR count). The van der Waals surface area contributed by atoms with Gasteiger partial charge in [0.1, 0.15) is 0 Å². The fourth-order valence-electron chi connectivity index (χ4n) is 0.717. The second-order valence-corrected chi connectivity index (χ2v) is 3.78. The van der Waals surface area contributed by atoms with Crippen molar-refractivity contribution in [3.63, 3.8) is 0 Å². The van der Waals surface area contributed by atoms with E-state index in [0.717, 1.165) is 13.1 Å². The molecule has 0 radical (unpaired) electrons. The minimum atomic E-state index is -1.53. The van der Waals surface area contributed by atoms with Gasteiger partial charge in [-0.05, 0) is 11.2 Å². The van der Waals surface area contributed by atoms with Gasteiger partial charge in [-0.15, -0.1) is 0 Å². The maximum atomic E-state index is 10.6. The number of hydrogen-bond acceptors (Lipinski definition) is 3. The summed E-state index contributed by atoms with van der Waals surface area (Å²) in [6, 6.07) is 0. The first-order chi connectivity index (χ1) is 4.30. The Morgan fingerprint density at radius 1 is 1.44 bits per heavy atom. The lowest BCUT2D eigenvalue weighted by molar-refractivity contribution is 0.0762. The van der Waals surface area contributed by atoms with Crippen LogP contribution in [-0.4, -0.2) is 34.8 Å². The van der Waals surface area contributed by atoms with E-state index in [0.29, 0.717) is 13.2 Å². The van der Waals surface area contributed by atoms with E-state index < -0.39 is 9.54 Å². The highest BCUT2D eigenvalue weighted by Crippen LogP contribution is 1.94. The molecule has 5 heteroatoms. The topological polar surface area (TPSA) is 29.5 Å². The minimum Gasteiger partial charge on any atom is -0.379 e. The fourth-order valence-corrected chi connectivity index (χ4v) is 1.70. The predicted octanol–water partition coefficient (Wildman–Crippen LogP) is -0.824. The summed E-state index contributed by atoms with van der Waals surface area (Å²) < 4.78 is 17.4. The van der Waals surface area contributed by atoms with Crippen molar-refractivity contribution >= 4 is 20.7 Å². The normalized spacial score (nSPS) is 25.8. The smallest absolute Gasteiger partial charge is 0.0813 e. The molecule has 0 aromatic heterocycles. The first-order valence-electron chi connectivity index (χ1n) is 2.77. The lowest BCUT2D eigenvalue weighted by Crippen LogP contribution is -2.34. The average molecular weight is 167 g/mol. The predicted molar refractivity (Wildman–Crippen MR) is 39.3 cm³/mol. The SMILES string of the molecule is O=[SH](=S)N1CCOCC1. The summed E-state index contributed by atoms with van der Waals surface area (Å²) in [6.45, 7) is 2.77. The number of thiol groups is 1. The number of morpholine rings is 1. The summed E-state index contributed by atoms with van der Waals surface area (Å²) in [5.74, 6) is 0. The molecule has 0 bridgehead atoms. The van der Waals surface area contributed by atoms with Gasteiger partial charge in [-0.3, -0.25) is 0 Å². The lowest BCUT2D eigenvalue weighted by atomic mass is 10.5. The summed E-state index contributed by atoms with van der Waals surface area (Å²) in [6.07, 6.45) is 0. The van der Waals surface area contributed by atoms with E-state index in [4.69, 9.17) is 4.74 Å². The van der Waals surface area contributed by atoms with Crippen molar-refractivity contribution in [1.82, 2.24) is 4.31 Å². The van der Waals surface area contributed by atoms with Gasteiger partial charge in [0.2, 0.25) is 0 Å². The van der Waals surface area contributed by atoms with Gasteiger partial charge in [0.25, 0.3) is 0 Å². The second-order valence-electron chi connectivity index (χ2n) is 1.80. The highest BCUT2D eigenvalue weighted by atomic mass is 32.8. The van der Waals surface area contributed by atoms with E-state index in [1.54, 1.807) is 4.31 Å². The Kier molecular flexibility index (Phi) is 2.84. The molecule has 3 nitrogen and oxygen atoms in total. The zero-order chi connectivity index (χ0) is 6.69. The molecule has 9 heavy (non-hydrogen) atoms. The molecule has 0 aromatic carbocycles. The fraction of sp³-hybridized carbons (Fsp3) is 1.00. The zero-order valence-corrected chi connectivity index (χ0v) is 6.66. The molecular weight excluding hydrogens is 158 g/mol. The molecule has 1 heterocycles. The molecule has 0 aromatic rings. The van der Waals surface area contributed by atoms with E-state index in [9.17, 15) is 4.21 Å². The van der Waals surface area contributed by atoms with Crippen LogP contribution < -0.4 is 0 Å². The largest absolute Gasteiger partial charge is 0.379 e. The Labute approximate surface area is 60.8 Å². The van der Waals surface area contributed by atoms with Crippen LogP contribution in [0.3, 0.4) is 0 Å². The van der Waals surface area contributed by atoms with Gasteiger partial charge in [0, 0.05) is 13.1 Å².